The van der Waals surface area contributed by atoms with Crippen LogP contribution < -0.4 is 11.3 Å². The Morgan fingerprint density at radius 1 is 1.00 bits per heavy atom. The number of nitrogens with zero attached hydrogens (tertiary/aromatic N) is 2. The van der Waals surface area contributed by atoms with Gasteiger partial charge in [-0.25, -0.2) is 15.8 Å². The highest BCUT2D eigenvalue weighted by Crippen LogP contribution is 2.25. The quantitative estimate of drug-likeness (QED) is 0.661. The third kappa shape index (κ3) is 2.96. The summed E-state index contributed by atoms with van der Waals surface area (Å²) in [4.78, 5) is 9.16. The maximum Gasteiger partial charge on any atom is 0.162 e. The molecule has 1 aromatic heterocycles. The van der Waals surface area contributed by atoms with Crippen LogP contribution in [0.4, 0.5) is 5.82 Å². The van der Waals surface area contributed by atoms with Gasteiger partial charge in [-0.05, 0) is 49.9 Å². The van der Waals surface area contributed by atoms with E-state index >= 15 is 0 Å². The van der Waals surface area contributed by atoms with E-state index in [0.717, 1.165) is 29.9 Å². The molecule has 0 bridgehead atoms. The summed E-state index contributed by atoms with van der Waals surface area (Å²) in [5.41, 5.74) is 8.44. The lowest BCUT2D eigenvalue weighted by Gasteiger charge is -2.11. The number of aryl methyl sites for hydroxylation is 4. The maximum atomic E-state index is 5.51. The number of nitrogen functional groups attached to an aromatic ring is 1. The third-order valence-electron chi connectivity index (χ3n) is 3.51. The Morgan fingerprint density at radius 3 is 2.35 bits per heavy atom. The number of nitrogens with two attached hydrogens (primary N) is 1. The molecule has 0 unspecified atom stereocenters. The van der Waals surface area contributed by atoms with E-state index in [0.29, 0.717) is 5.82 Å². The number of hydrogen-bond donors (Lipinski definition) is 2. The van der Waals surface area contributed by atoms with Crippen LogP contribution in [-0.4, -0.2) is 9.97 Å². The lowest BCUT2D eigenvalue weighted by Crippen LogP contribution is -2.11. The Hall–Kier alpha value is -1.94. The molecule has 0 aliphatic rings. The highest BCUT2D eigenvalue weighted by atomic mass is 15.3. The van der Waals surface area contributed by atoms with E-state index in [4.69, 9.17) is 5.84 Å². The molecule has 0 aliphatic carbocycles. The maximum absolute atomic E-state index is 5.51. The minimum Gasteiger partial charge on any atom is -0.308 e. The molecule has 2 rings (SSSR count). The van der Waals surface area contributed by atoms with E-state index in [-0.39, 0.29) is 0 Å². The van der Waals surface area contributed by atoms with Gasteiger partial charge in [0.25, 0.3) is 0 Å². The molecular weight excluding hydrogens is 248 g/mol. The molecule has 2 aromatic rings. The van der Waals surface area contributed by atoms with Crippen LogP contribution in [0.5, 0.6) is 0 Å². The first kappa shape index (κ1) is 14.5. The molecule has 4 heteroatoms. The summed E-state index contributed by atoms with van der Waals surface area (Å²) < 4.78 is 0. The average Bonchev–Trinajstić information content (AvgIpc) is 2.42. The van der Waals surface area contributed by atoms with Gasteiger partial charge in [0.05, 0.1) is 0 Å². The fourth-order valence-corrected chi connectivity index (χ4v) is 2.28. The Balaban J connectivity index is 2.56. The molecule has 20 heavy (non-hydrogen) atoms. The molecule has 0 saturated carbocycles. The van der Waals surface area contributed by atoms with E-state index in [9.17, 15) is 0 Å². The van der Waals surface area contributed by atoms with Gasteiger partial charge in [0.1, 0.15) is 5.82 Å². The fourth-order valence-electron chi connectivity index (χ4n) is 2.28. The van der Waals surface area contributed by atoms with Crippen molar-refractivity contribution in [1.82, 2.24) is 9.97 Å². The Kier molecular flexibility index (Phi) is 4.35. The summed E-state index contributed by atoms with van der Waals surface area (Å²) >= 11 is 0. The van der Waals surface area contributed by atoms with Crippen molar-refractivity contribution in [2.24, 2.45) is 5.84 Å². The molecule has 1 aromatic carbocycles. The predicted molar refractivity (Wildman–Crippen MR) is 83.5 cm³/mol. The topological polar surface area (TPSA) is 63.8 Å². The zero-order chi connectivity index (χ0) is 14.7. The Morgan fingerprint density at radius 2 is 1.70 bits per heavy atom. The van der Waals surface area contributed by atoms with Gasteiger partial charge >= 0.3 is 0 Å². The van der Waals surface area contributed by atoms with Gasteiger partial charge in [-0.3, -0.25) is 0 Å². The first-order valence-corrected chi connectivity index (χ1v) is 6.98. The molecule has 3 N–H and O–H groups in total. The van der Waals surface area contributed by atoms with Gasteiger partial charge in [-0.2, -0.15) is 0 Å². The third-order valence-corrected chi connectivity index (χ3v) is 3.51. The van der Waals surface area contributed by atoms with Crippen molar-refractivity contribution in [3.63, 3.8) is 0 Å². The Bertz CT molecular complexity index is 620. The lowest BCUT2D eigenvalue weighted by molar-refractivity contribution is 0.875. The second-order valence-electron chi connectivity index (χ2n) is 5.21. The first-order chi connectivity index (χ1) is 9.55. The summed E-state index contributed by atoms with van der Waals surface area (Å²) in [7, 11) is 0. The second-order valence-corrected chi connectivity index (χ2v) is 5.21. The van der Waals surface area contributed by atoms with Crippen molar-refractivity contribution in [1.29, 1.82) is 0 Å². The van der Waals surface area contributed by atoms with Gasteiger partial charge in [0.15, 0.2) is 5.82 Å². The highest BCUT2D eigenvalue weighted by molar-refractivity contribution is 5.63. The number of anilines is 1. The number of rotatable bonds is 4. The number of nitrogens with one attached hydrogen (secondary N) is 1. The molecular formula is C16H22N4. The first-order valence-electron chi connectivity index (χ1n) is 6.98. The number of benzene rings is 1. The smallest absolute Gasteiger partial charge is 0.162 e. The molecule has 0 spiro atoms. The fraction of sp³-hybridized carbons (Fsp3) is 0.375. The number of hydrogen-bond acceptors (Lipinski definition) is 4. The van der Waals surface area contributed by atoms with Crippen molar-refractivity contribution in [3.8, 4) is 11.4 Å². The van der Waals surface area contributed by atoms with E-state index < -0.39 is 0 Å². The average molecular weight is 270 g/mol. The van der Waals surface area contributed by atoms with Crippen LogP contribution in [0.2, 0.25) is 0 Å². The van der Waals surface area contributed by atoms with Crippen molar-refractivity contribution in [2.45, 2.75) is 40.5 Å². The van der Waals surface area contributed by atoms with Gasteiger partial charge in [-0.15, -0.1) is 0 Å². The standard InChI is InChI=1S/C16H22N4/c1-5-6-13-9-15(20-17)19-16(18-13)14-8-11(3)10(2)7-12(14)4/h7-9H,5-6,17H2,1-4H3,(H,18,19,20). The summed E-state index contributed by atoms with van der Waals surface area (Å²) in [5.74, 6) is 6.92. The van der Waals surface area contributed by atoms with E-state index in [1.807, 2.05) is 6.07 Å². The van der Waals surface area contributed by atoms with E-state index in [2.05, 4.69) is 55.2 Å². The van der Waals surface area contributed by atoms with Crippen LogP contribution in [0, 0.1) is 20.8 Å². The molecule has 106 valence electrons. The summed E-state index contributed by atoms with van der Waals surface area (Å²) in [6.07, 6.45) is 1.97. The van der Waals surface area contributed by atoms with Crippen LogP contribution in [-0.2, 0) is 6.42 Å². The van der Waals surface area contributed by atoms with Crippen LogP contribution >= 0.6 is 0 Å². The van der Waals surface area contributed by atoms with Crippen LogP contribution in [0.3, 0.4) is 0 Å². The van der Waals surface area contributed by atoms with E-state index in [1.54, 1.807) is 0 Å². The molecule has 1 heterocycles. The molecule has 4 nitrogen and oxygen atoms in total. The van der Waals surface area contributed by atoms with Gasteiger partial charge in [0, 0.05) is 17.3 Å². The molecule has 0 saturated heterocycles. The summed E-state index contributed by atoms with van der Waals surface area (Å²) in [6, 6.07) is 6.23. The second kappa shape index (κ2) is 6.01. The number of aromatic nitrogens is 2. The zero-order valence-corrected chi connectivity index (χ0v) is 12.6. The van der Waals surface area contributed by atoms with E-state index in [1.165, 1.54) is 16.7 Å². The minimum atomic E-state index is 0.663. The molecule has 0 fully saturated rings. The van der Waals surface area contributed by atoms with Crippen molar-refractivity contribution in [3.05, 3.63) is 40.6 Å². The molecule has 0 aliphatic heterocycles. The largest absolute Gasteiger partial charge is 0.308 e. The van der Waals surface area contributed by atoms with Gasteiger partial charge in [-0.1, -0.05) is 19.4 Å². The number of hydrazine groups is 1. The van der Waals surface area contributed by atoms with Crippen LogP contribution in [0.15, 0.2) is 18.2 Å². The predicted octanol–water partition coefficient (Wildman–Crippen LogP) is 3.31. The lowest BCUT2D eigenvalue weighted by atomic mass is 10.0. The monoisotopic (exact) mass is 270 g/mol. The van der Waals surface area contributed by atoms with Crippen molar-refractivity contribution < 1.29 is 0 Å². The molecule has 0 radical (unpaired) electrons. The summed E-state index contributed by atoms with van der Waals surface area (Å²) in [5, 5.41) is 0. The van der Waals surface area contributed by atoms with Crippen molar-refractivity contribution >= 4 is 5.82 Å². The van der Waals surface area contributed by atoms with Crippen LogP contribution in [0.25, 0.3) is 11.4 Å². The SMILES string of the molecule is CCCc1cc(NN)nc(-c2cc(C)c(C)cc2C)n1. The normalized spacial score (nSPS) is 10.7. The molecule has 0 atom stereocenters. The Labute approximate surface area is 120 Å². The summed E-state index contributed by atoms with van der Waals surface area (Å²) in [6.45, 7) is 8.45. The van der Waals surface area contributed by atoms with Gasteiger partial charge in [0.2, 0.25) is 0 Å². The zero-order valence-electron chi connectivity index (χ0n) is 12.6. The minimum absolute atomic E-state index is 0.663. The van der Waals surface area contributed by atoms with Gasteiger partial charge < -0.3 is 5.43 Å². The van der Waals surface area contributed by atoms with Crippen molar-refractivity contribution in [2.75, 3.05) is 5.43 Å². The van der Waals surface area contributed by atoms with Crippen LogP contribution in [0.1, 0.15) is 35.7 Å². The molecule has 0 amide bonds. The highest BCUT2D eigenvalue weighted by Gasteiger charge is 2.10.